The second kappa shape index (κ2) is 5.38. The minimum absolute atomic E-state index is 0.000644. The predicted octanol–water partition coefficient (Wildman–Crippen LogP) is 1.12. The van der Waals surface area contributed by atoms with E-state index in [2.05, 4.69) is 12.1 Å². The number of carbonyl (C=O) groups excluding carboxylic acids is 1. The van der Waals surface area contributed by atoms with Crippen molar-refractivity contribution in [3.8, 4) is 0 Å². The van der Waals surface area contributed by atoms with Crippen LogP contribution in [0, 0.1) is 23.7 Å². The number of amides is 1. The van der Waals surface area contributed by atoms with Crippen LogP contribution >= 0.6 is 0 Å². The summed E-state index contributed by atoms with van der Waals surface area (Å²) in [6, 6.07) is 0. The molecule has 17 heavy (non-hydrogen) atoms. The average molecular weight is 241 g/mol. The van der Waals surface area contributed by atoms with Gasteiger partial charge in [0.05, 0.1) is 0 Å². The molecule has 0 saturated heterocycles. The van der Waals surface area contributed by atoms with Crippen molar-refractivity contribution in [1.29, 1.82) is 0 Å². The molecule has 0 aliphatic heterocycles. The molecule has 0 radical (unpaired) electrons. The van der Waals surface area contributed by atoms with Gasteiger partial charge < -0.3 is 15.8 Å². The summed E-state index contributed by atoms with van der Waals surface area (Å²) in [4.78, 5) is 13.9. The molecule has 0 aromatic carbocycles. The van der Waals surface area contributed by atoms with Gasteiger partial charge in [-0.25, -0.2) is 0 Å². The lowest BCUT2D eigenvalue weighted by atomic mass is 9.93. The highest BCUT2D eigenvalue weighted by Crippen LogP contribution is 2.38. The SMILES string of the molecule is CC(C)C(C(=O)N(C)CC1CC1C)/C(N)=N/O. The number of hydrogen-bond donors (Lipinski definition) is 2. The largest absolute Gasteiger partial charge is 0.409 e. The summed E-state index contributed by atoms with van der Waals surface area (Å²) in [6.45, 7) is 6.75. The first-order valence-electron chi connectivity index (χ1n) is 6.10. The second-order valence-corrected chi connectivity index (χ2v) is 5.44. The van der Waals surface area contributed by atoms with Gasteiger partial charge in [-0.15, -0.1) is 0 Å². The third-order valence-corrected chi connectivity index (χ3v) is 3.53. The van der Waals surface area contributed by atoms with E-state index in [9.17, 15) is 4.79 Å². The molecule has 1 fully saturated rings. The minimum Gasteiger partial charge on any atom is -0.409 e. The molecule has 1 aliphatic rings. The Morgan fingerprint density at radius 1 is 1.59 bits per heavy atom. The summed E-state index contributed by atoms with van der Waals surface area (Å²) in [5.74, 6) is 0.766. The van der Waals surface area contributed by atoms with Gasteiger partial charge in [0.1, 0.15) is 5.92 Å². The molecule has 0 aromatic rings. The van der Waals surface area contributed by atoms with E-state index < -0.39 is 5.92 Å². The predicted molar refractivity (Wildman–Crippen MR) is 66.6 cm³/mol. The second-order valence-electron chi connectivity index (χ2n) is 5.44. The molecule has 1 rings (SSSR count). The highest BCUT2D eigenvalue weighted by atomic mass is 16.4. The molecule has 0 heterocycles. The number of hydrogen-bond acceptors (Lipinski definition) is 3. The molecular weight excluding hydrogens is 218 g/mol. The van der Waals surface area contributed by atoms with Crippen molar-refractivity contribution in [3.05, 3.63) is 0 Å². The maximum Gasteiger partial charge on any atom is 0.233 e. The van der Waals surface area contributed by atoms with Crippen LogP contribution in [0.2, 0.25) is 0 Å². The van der Waals surface area contributed by atoms with E-state index in [-0.39, 0.29) is 17.7 Å². The fraction of sp³-hybridized carbons (Fsp3) is 0.833. The van der Waals surface area contributed by atoms with Crippen molar-refractivity contribution < 1.29 is 10.0 Å². The number of nitrogens with zero attached hydrogens (tertiary/aromatic N) is 2. The Morgan fingerprint density at radius 3 is 2.47 bits per heavy atom. The van der Waals surface area contributed by atoms with Gasteiger partial charge in [0.25, 0.3) is 0 Å². The van der Waals surface area contributed by atoms with Crippen LogP contribution in [0.15, 0.2) is 5.16 Å². The lowest BCUT2D eigenvalue weighted by Crippen LogP contribution is -2.43. The van der Waals surface area contributed by atoms with Crippen LogP contribution < -0.4 is 5.73 Å². The van der Waals surface area contributed by atoms with E-state index >= 15 is 0 Å². The van der Waals surface area contributed by atoms with Gasteiger partial charge in [0.2, 0.25) is 5.91 Å². The molecule has 0 bridgehead atoms. The number of nitrogens with two attached hydrogens (primary N) is 1. The minimum atomic E-state index is -0.529. The highest BCUT2D eigenvalue weighted by molar-refractivity contribution is 6.02. The molecule has 1 amide bonds. The first kappa shape index (κ1) is 13.8. The monoisotopic (exact) mass is 241 g/mol. The summed E-state index contributed by atoms with van der Waals surface area (Å²) in [5, 5.41) is 11.7. The molecule has 3 unspecified atom stereocenters. The van der Waals surface area contributed by atoms with Gasteiger partial charge in [0, 0.05) is 13.6 Å². The molecule has 5 heteroatoms. The molecule has 1 saturated carbocycles. The molecule has 3 N–H and O–H groups in total. The summed E-state index contributed by atoms with van der Waals surface area (Å²) >= 11 is 0. The quantitative estimate of drug-likeness (QED) is 0.327. The summed E-state index contributed by atoms with van der Waals surface area (Å²) in [5.41, 5.74) is 5.58. The van der Waals surface area contributed by atoms with Gasteiger partial charge in [0.15, 0.2) is 5.84 Å². The Kier molecular flexibility index (Phi) is 4.37. The standard InChI is InChI=1S/C12H23N3O2/c1-7(2)10(11(13)14-17)12(16)15(4)6-9-5-8(9)3/h7-10,17H,5-6H2,1-4H3,(H2,13,14). The third-order valence-electron chi connectivity index (χ3n) is 3.53. The first-order valence-corrected chi connectivity index (χ1v) is 6.10. The normalized spacial score (nSPS) is 25.8. The van der Waals surface area contributed by atoms with Gasteiger partial charge in [-0.05, 0) is 24.2 Å². The molecule has 1 aliphatic carbocycles. The molecule has 98 valence electrons. The third kappa shape index (κ3) is 3.35. The van der Waals surface area contributed by atoms with E-state index in [1.54, 1.807) is 11.9 Å². The number of rotatable bonds is 5. The van der Waals surface area contributed by atoms with Crippen molar-refractivity contribution in [2.24, 2.45) is 34.6 Å². The van der Waals surface area contributed by atoms with Gasteiger partial charge in [-0.1, -0.05) is 25.9 Å². The van der Waals surface area contributed by atoms with Crippen LogP contribution in [0.5, 0.6) is 0 Å². The fourth-order valence-electron chi connectivity index (χ4n) is 2.15. The van der Waals surface area contributed by atoms with Crippen LogP contribution in [-0.4, -0.2) is 35.4 Å². The molecular formula is C12H23N3O2. The Balaban J connectivity index is 2.63. The lowest BCUT2D eigenvalue weighted by molar-refractivity contribution is -0.133. The number of oxime groups is 1. The topological polar surface area (TPSA) is 78.9 Å². The van der Waals surface area contributed by atoms with E-state index in [0.29, 0.717) is 11.8 Å². The van der Waals surface area contributed by atoms with Crippen molar-refractivity contribution in [2.45, 2.75) is 27.2 Å². The smallest absolute Gasteiger partial charge is 0.233 e. The van der Waals surface area contributed by atoms with Crippen LogP contribution in [0.3, 0.4) is 0 Å². The lowest BCUT2D eigenvalue weighted by Gasteiger charge is -2.25. The number of carbonyl (C=O) groups is 1. The zero-order valence-electron chi connectivity index (χ0n) is 11.1. The molecule has 3 atom stereocenters. The van der Waals surface area contributed by atoms with Crippen molar-refractivity contribution in [2.75, 3.05) is 13.6 Å². The molecule has 0 spiro atoms. The Morgan fingerprint density at radius 2 is 2.12 bits per heavy atom. The first-order chi connectivity index (χ1) is 7.88. The zero-order valence-corrected chi connectivity index (χ0v) is 11.1. The van der Waals surface area contributed by atoms with E-state index in [4.69, 9.17) is 10.9 Å². The maximum atomic E-state index is 12.2. The zero-order chi connectivity index (χ0) is 13.2. The summed E-state index contributed by atoms with van der Waals surface area (Å²) in [6.07, 6.45) is 1.19. The van der Waals surface area contributed by atoms with Gasteiger partial charge in [-0.2, -0.15) is 0 Å². The van der Waals surface area contributed by atoms with Crippen molar-refractivity contribution in [3.63, 3.8) is 0 Å². The fourth-order valence-corrected chi connectivity index (χ4v) is 2.15. The Hall–Kier alpha value is -1.26. The van der Waals surface area contributed by atoms with Crippen LogP contribution in [-0.2, 0) is 4.79 Å². The molecule has 5 nitrogen and oxygen atoms in total. The van der Waals surface area contributed by atoms with Gasteiger partial charge in [-0.3, -0.25) is 4.79 Å². The van der Waals surface area contributed by atoms with Crippen LogP contribution in [0.25, 0.3) is 0 Å². The summed E-state index contributed by atoms with van der Waals surface area (Å²) < 4.78 is 0. The molecule has 0 aromatic heterocycles. The highest BCUT2D eigenvalue weighted by Gasteiger charge is 2.36. The summed E-state index contributed by atoms with van der Waals surface area (Å²) in [7, 11) is 1.79. The van der Waals surface area contributed by atoms with Crippen molar-refractivity contribution in [1.82, 2.24) is 4.90 Å². The van der Waals surface area contributed by atoms with Gasteiger partial charge >= 0.3 is 0 Å². The van der Waals surface area contributed by atoms with E-state index in [1.165, 1.54) is 6.42 Å². The van der Waals surface area contributed by atoms with Crippen molar-refractivity contribution >= 4 is 11.7 Å². The number of amidine groups is 1. The van der Waals surface area contributed by atoms with E-state index in [0.717, 1.165) is 6.54 Å². The van der Waals surface area contributed by atoms with Crippen LogP contribution in [0.1, 0.15) is 27.2 Å². The van der Waals surface area contributed by atoms with E-state index in [1.807, 2.05) is 13.8 Å². The van der Waals surface area contributed by atoms with Crippen LogP contribution in [0.4, 0.5) is 0 Å². The average Bonchev–Trinajstić information content (AvgIpc) is 2.93. The maximum absolute atomic E-state index is 12.2. The Labute approximate surface area is 103 Å². The Bertz CT molecular complexity index is 315.